The van der Waals surface area contributed by atoms with Crippen LogP contribution in [0, 0.1) is 19.8 Å². The molecule has 1 atom stereocenters. The molecule has 2 N–H and O–H groups in total. The average Bonchev–Trinajstić information content (AvgIpc) is 3.34. The summed E-state index contributed by atoms with van der Waals surface area (Å²) in [6, 6.07) is 4.37. The topological polar surface area (TPSA) is 86.9 Å². The van der Waals surface area contributed by atoms with Crippen molar-refractivity contribution in [2.24, 2.45) is 5.92 Å². The number of carbonyl (C=O) groups is 1. The first kappa shape index (κ1) is 31.6. The van der Waals surface area contributed by atoms with E-state index in [1.165, 1.54) is 11.8 Å². The average molecular weight is 651 g/mol. The molecule has 1 saturated carbocycles. The predicted octanol–water partition coefficient (Wildman–Crippen LogP) is 5.76. The van der Waals surface area contributed by atoms with Crippen molar-refractivity contribution in [2.45, 2.75) is 94.5 Å². The predicted molar refractivity (Wildman–Crippen MR) is 167 cm³/mol. The number of hydrogen-bond acceptors (Lipinski definition) is 7. The van der Waals surface area contributed by atoms with Gasteiger partial charge in [0, 0.05) is 97.8 Å². The molecule has 0 spiro atoms. The number of halogens is 3. The van der Waals surface area contributed by atoms with E-state index in [2.05, 4.69) is 20.1 Å². The molecular weight excluding hydrogens is 610 g/mol. The van der Waals surface area contributed by atoms with Crippen LogP contribution in [0.2, 0.25) is 5.02 Å². The Labute approximate surface area is 266 Å². The molecule has 1 aliphatic carbocycles. The Kier molecular flexibility index (Phi) is 8.71. The lowest BCUT2D eigenvalue weighted by Crippen LogP contribution is -2.64. The molecule has 1 aromatic carbocycles. The van der Waals surface area contributed by atoms with Crippen molar-refractivity contribution >= 4 is 29.3 Å². The second kappa shape index (κ2) is 12.1. The number of piperidine rings is 1. The molecule has 4 heterocycles. The summed E-state index contributed by atoms with van der Waals surface area (Å²) in [6.07, 6.45) is 5.74. The number of fused-ring (bicyclic) bond motifs is 1. The van der Waals surface area contributed by atoms with E-state index in [1.807, 2.05) is 33.1 Å². The molecule has 44 heavy (non-hydrogen) atoms. The smallest absolute Gasteiger partial charge is 0.254 e. The molecule has 240 valence electrons. The Bertz CT molecular complexity index is 1480. The number of carbonyl (C=O) groups excluding carboxylic acids is 1. The maximum atomic E-state index is 13.6. The molecule has 3 fully saturated rings. The van der Waals surface area contributed by atoms with Gasteiger partial charge in [-0.15, -0.1) is 11.8 Å². The number of nitrogens with zero attached hydrogens (tertiary/aromatic N) is 2. The molecular formula is C32H41ClF2N4O4S. The summed E-state index contributed by atoms with van der Waals surface area (Å²) in [5.41, 5.74) is 2.08. The second-order valence-electron chi connectivity index (χ2n) is 12.9. The number of benzene rings is 1. The molecule has 2 saturated heterocycles. The van der Waals surface area contributed by atoms with Gasteiger partial charge < -0.3 is 19.8 Å². The third kappa shape index (κ3) is 6.09. The lowest BCUT2D eigenvalue weighted by Gasteiger charge is -2.52. The number of amides is 1. The van der Waals surface area contributed by atoms with Crippen LogP contribution in [-0.4, -0.2) is 76.9 Å². The van der Waals surface area contributed by atoms with Crippen molar-refractivity contribution in [1.82, 2.24) is 20.1 Å². The molecule has 3 aliphatic heterocycles. The standard InChI is InChI=1S/C32H41ClF2N4O4S/c1-18-13-26(44-4)24(30(41)37-18)15-36-29(40)23-14-25(33)28-27(19(23)2)42-31(3,43-28)20-5-7-21(8-6-20)39-16-22(17-39)38-11-9-32(34,35)10-12-38/h13-14,20-22H,5-12,15-17H2,1-4H3,(H,36,40)(H,37,41). The number of alkyl halides is 2. The number of rotatable bonds is 7. The summed E-state index contributed by atoms with van der Waals surface area (Å²) < 4.78 is 40.0. The van der Waals surface area contributed by atoms with Gasteiger partial charge in [0.15, 0.2) is 11.5 Å². The number of likely N-dealkylation sites (tertiary alicyclic amines) is 2. The molecule has 1 unspecified atom stereocenters. The summed E-state index contributed by atoms with van der Waals surface area (Å²) in [7, 11) is 0. The quantitative estimate of drug-likeness (QED) is 0.369. The molecule has 0 radical (unpaired) electrons. The summed E-state index contributed by atoms with van der Waals surface area (Å²) in [5.74, 6) is -2.64. The van der Waals surface area contributed by atoms with Crippen molar-refractivity contribution in [3.8, 4) is 11.5 Å². The van der Waals surface area contributed by atoms with E-state index in [1.54, 1.807) is 6.07 Å². The van der Waals surface area contributed by atoms with E-state index in [0.29, 0.717) is 58.4 Å². The normalized spacial score (nSPS) is 27.2. The second-order valence-corrected chi connectivity index (χ2v) is 14.2. The maximum Gasteiger partial charge on any atom is 0.254 e. The summed E-state index contributed by atoms with van der Waals surface area (Å²) in [4.78, 5) is 34.2. The van der Waals surface area contributed by atoms with E-state index < -0.39 is 11.7 Å². The molecule has 6 rings (SSSR count). The van der Waals surface area contributed by atoms with Crippen molar-refractivity contribution < 1.29 is 23.0 Å². The van der Waals surface area contributed by atoms with Crippen LogP contribution in [-0.2, 0) is 6.54 Å². The van der Waals surface area contributed by atoms with Gasteiger partial charge in [-0.1, -0.05) is 11.6 Å². The SMILES string of the molecule is CSc1cc(C)[nH]c(=O)c1CNC(=O)c1cc(Cl)c2c(c1C)OC(C)(C1CCC(N3CC(N4CCC(F)(F)CC4)C3)CC1)O2. The van der Waals surface area contributed by atoms with Gasteiger partial charge >= 0.3 is 0 Å². The monoisotopic (exact) mass is 650 g/mol. The number of nitrogens with one attached hydrogen (secondary N) is 2. The van der Waals surface area contributed by atoms with Gasteiger partial charge in [-0.3, -0.25) is 19.4 Å². The first-order valence-corrected chi connectivity index (χ1v) is 17.1. The zero-order valence-corrected chi connectivity index (χ0v) is 27.3. The van der Waals surface area contributed by atoms with Crippen LogP contribution in [0.5, 0.6) is 11.5 Å². The van der Waals surface area contributed by atoms with Gasteiger partial charge in [-0.25, -0.2) is 8.78 Å². The van der Waals surface area contributed by atoms with Crippen LogP contribution < -0.4 is 20.3 Å². The Balaban J connectivity index is 1.05. The van der Waals surface area contributed by atoms with Crippen LogP contribution in [0.25, 0.3) is 0 Å². The highest BCUT2D eigenvalue weighted by molar-refractivity contribution is 7.98. The van der Waals surface area contributed by atoms with E-state index in [9.17, 15) is 18.4 Å². The largest absolute Gasteiger partial charge is 0.448 e. The molecule has 4 aliphatic rings. The molecule has 8 nitrogen and oxygen atoms in total. The Morgan fingerprint density at radius 1 is 1.07 bits per heavy atom. The van der Waals surface area contributed by atoms with Crippen LogP contribution >= 0.6 is 23.4 Å². The van der Waals surface area contributed by atoms with Crippen molar-refractivity contribution in [2.75, 3.05) is 32.4 Å². The summed E-state index contributed by atoms with van der Waals surface area (Å²) in [5, 5.41) is 3.19. The Hall–Kier alpha value is -2.34. The van der Waals surface area contributed by atoms with E-state index in [-0.39, 0.29) is 36.8 Å². The fourth-order valence-corrected chi connectivity index (χ4v) is 8.19. The fourth-order valence-electron chi connectivity index (χ4n) is 7.25. The minimum Gasteiger partial charge on any atom is -0.448 e. The lowest BCUT2D eigenvalue weighted by atomic mass is 9.79. The van der Waals surface area contributed by atoms with Gasteiger partial charge in [-0.2, -0.15) is 0 Å². The van der Waals surface area contributed by atoms with Crippen molar-refractivity contribution in [3.05, 3.63) is 49.9 Å². The van der Waals surface area contributed by atoms with E-state index in [0.717, 1.165) is 49.4 Å². The van der Waals surface area contributed by atoms with Crippen LogP contribution in [0.15, 0.2) is 21.8 Å². The van der Waals surface area contributed by atoms with Gasteiger partial charge in [-0.05, 0) is 57.9 Å². The fraction of sp³-hybridized carbons (Fsp3) is 0.625. The van der Waals surface area contributed by atoms with Gasteiger partial charge in [0.05, 0.1) is 5.02 Å². The Morgan fingerprint density at radius 2 is 1.73 bits per heavy atom. The third-order valence-corrected chi connectivity index (χ3v) is 11.1. The van der Waals surface area contributed by atoms with Crippen LogP contribution in [0.1, 0.15) is 72.6 Å². The molecule has 12 heteroatoms. The van der Waals surface area contributed by atoms with E-state index >= 15 is 0 Å². The maximum absolute atomic E-state index is 13.6. The molecule has 2 aromatic rings. The number of aryl methyl sites for hydroxylation is 1. The van der Waals surface area contributed by atoms with Crippen LogP contribution in [0.4, 0.5) is 8.78 Å². The zero-order chi connectivity index (χ0) is 31.4. The number of hydrogen-bond donors (Lipinski definition) is 2. The highest BCUT2D eigenvalue weighted by Crippen LogP contribution is 2.52. The third-order valence-electron chi connectivity index (χ3n) is 10.1. The zero-order valence-electron chi connectivity index (χ0n) is 25.7. The van der Waals surface area contributed by atoms with Gasteiger partial charge in [0.1, 0.15) is 0 Å². The first-order valence-electron chi connectivity index (χ1n) is 15.5. The summed E-state index contributed by atoms with van der Waals surface area (Å²) in [6.45, 7) is 8.57. The van der Waals surface area contributed by atoms with E-state index in [4.69, 9.17) is 21.1 Å². The lowest BCUT2D eigenvalue weighted by molar-refractivity contribution is -0.129. The number of aromatic amines is 1. The molecule has 1 aromatic heterocycles. The van der Waals surface area contributed by atoms with Gasteiger partial charge in [0.25, 0.3) is 23.2 Å². The summed E-state index contributed by atoms with van der Waals surface area (Å²) >= 11 is 8.12. The Morgan fingerprint density at radius 3 is 2.39 bits per heavy atom. The van der Waals surface area contributed by atoms with Crippen molar-refractivity contribution in [3.63, 3.8) is 0 Å². The number of aromatic nitrogens is 1. The number of ether oxygens (including phenoxy) is 2. The number of thioether (sulfide) groups is 1. The molecule has 1 amide bonds. The highest BCUT2D eigenvalue weighted by atomic mass is 35.5. The number of pyridine rings is 1. The van der Waals surface area contributed by atoms with Gasteiger partial charge in [0.2, 0.25) is 0 Å². The minimum atomic E-state index is -2.50. The number of H-pyrrole nitrogens is 1. The van der Waals surface area contributed by atoms with Crippen molar-refractivity contribution in [1.29, 1.82) is 0 Å². The highest BCUT2D eigenvalue weighted by Gasteiger charge is 2.49. The minimum absolute atomic E-state index is 0.0289. The van der Waals surface area contributed by atoms with Crippen LogP contribution in [0.3, 0.4) is 0 Å². The first-order chi connectivity index (χ1) is 20.9. The molecule has 0 bridgehead atoms.